The molecule has 1 aromatic rings. The SMILES string of the molecule is CN(C)S(=O)(=O)C1CCCN(Cc2ccc(F)cc2C#N)C1. The van der Waals surface area contributed by atoms with Crippen molar-refractivity contribution >= 4 is 10.0 Å². The Kier molecular flexibility index (Phi) is 5.16. The van der Waals surface area contributed by atoms with Crippen molar-refractivity contribution in [1.29, 1.82) is 5.26 Å². The van der Waals surface area contributed by atoms with Crippen LogP contribution >= 0.6 is 0 Å². The molecule has 5 nitrogen and oxygen atoms in total. The molecule has 1 unspecified atom stereocenters. The molecule has 1 aromatic carbocycles. The number of likely N-dealkylation sites (tertiary alicyclic amines) is 1. The summed E-state index contributed by atoms with van der Waals surface area (Å²) in [5.74, 6) is -0.438. The topological polar surface area (TPSA) is 64.4 Å². The van der Waals surface area contributed by atoms with E-state index in [9.17, 15) is 12.8 Å². The highest BCUT2D eigenvalue weighted by Gasteiger charge is 2.32. The molecule has 0 bridgehead atoms. The first kappa shape index (κ1) is 16.9. The van der Waals surface area contributed by atoms with E-state index >= 15 is 0 Å². The first-order valence-electron chi connectivity index (χ1n) is 7.17. The van der Waals surface area contributed by atoms with Gasteiger partial charge in [-0.25, -0.2) is 17.1 Å². The predicted molar refractivity (Wildman–Crippen MR) is 82.0 cm³/mol. The smallest absolute Gasteiger partial charge is 0.217 e. The summed E-state index contributed by atoms with van der Waals surface area (Å²) >= 11 is 0. The molecule has 7 heteroatoms. The zero-order valence-electron chi connectivity index (χ0n) is 12.8. The lowest BCUT2D eigenvalue weighted by atomic mass is 10.1. The molecular weight excluding hydrogens is 305 g/mol. The van der Waals surface area contributed by atoms with Gasteiger partial charge < -0.3 is 0 Å². The predicted octanol–water partition coefficient (Wildman–Crippen LogP) is 1.55. The van der Waals surface area contributed by atoms with Crippen molar-refractivity contribution in [1.82, 2.24) is 9.21 Å². The van der Waals surface area contributed by atoms with E-state index in [1.165, 1.54) is 16.4 Å². The minimum absolute atomic E-state index is 0.303. The molecule has 0 amide bonds. The minimum atomic E-state index is -3.28. The molecule has 1 heterocycles. The number of halogens is 1. The maximum Gasteiger partial charge on any atom is 0.217 e. The molecule has 120 valence electrons. The van der Waals surface area contributed by atoms with Crippen LogP contribution in [-0.4, -0.2) is 50.1 Å². The molecule has 2 rings (SSSR count). The third-order valence-corrected chi connectivity index (χ3v) is 6.22. The summed E-state index contributed by atoms with van der Waals surface area (Å²) in [5.41, 5.74) is 1.03. The van der Waals surface area contributed by atoms with Crippen molar-refractivity contribution in [3.05, 3.63) is 35.1 Å². The molecule has 1 aliphatic rings. The van der Waals surface area contributed by atoms with E-state index in [0.717, 1.165) is 18.5 Å². The normalized spacial score (nSPS) is 20.0. The number of nitriles is 1. The van der Waals surface area contributed by atoms with Gasteiger partial charge in [-0.15, -0.1) is 0 Å². The molecule has 0 saturated carbocycles. The lowest BCUT2D eigenvalue weighted by Crippen LogP contribution is -2.45. The quantitative estimate of drug-likeness (QED) is 0.842. The summed E-state index contributed by atoms with van der Waals surface area (Å²) in [5, 5.41) is 8.66. The van der Waals surface area contributed by atoms with E-state index in [1.807, 2.05) is 11.0 Å². The lowest BCUT2D eigenvalue weighted by molar-refractivity contribution is 0.220. The number of nitrogens with zero attached hydrogens (tertiary/aromatic N) is 3. The maximum atomic E-state index is 13.2. The zero-order valence-corrected chi connectivity index (χ0v) is 13.6. The fourth-order valence-electron chi connectivity index (χ4n) is 2.73. The molecule has 1 aliphatic heterocycles. The number of piperidine rings is 1. The fourth-order valence-corrected chi connectivity index (χ4v) is 4.19. The fraction of sp³-hybridized carbons (Fsp3) is 0.533. The molecule has 0 N–H and O–H groups in total. The number of rotatable bonds is 4. The highest BCUT2D eigenvalue weighted by Crippen LogP contribution is 2.21. The van der Waals surface area contributed by atoms with Crippen molar-refractivity contribution in [2.24, 2.45) is 0 Å². The van der Waals surface area contributed by atoms with Crippen LogP contribution in [0.4, 0.5) is 4.39 Å². The highest BCUT2D eigenvalue weighted by molar-refractivity contribution is 7.89. The zero-order chi connectivity index (χ0) is 16.3. The van der Waals surface area contributed by atoms with Crippen LogP contribution < -0.4 is 0 Å². The minimum Gasteiger partial charge on any atom is -0.298 e. The molecule has 1 atom stereocenters. The Morgan fingerprint density at radius 2 is 2.18 bits per heavy atom. The largest absolute Gasteiger partial charge is 0.298 e. The van der Waals surface area contributed by atoms with Crippen LogP contribution in [0.25, 0.3) is 0 Å². The second-order valence-electron chi connectivity index (χ2n) is 5.74. The van der Waals surface area contributed by atoms with Gasteiger partial charge in [0.2, 0.25) is 10.0 Å². The molecular formula is C15H20FN3O2S. The van der Waals surface area contributed by atoms with Crippen molar-refractivity contribution in [2.75, 3.05) is 27.2 Å². The summed E-state index contributed by atoms with van der Waals surface area (Å²) in [4.78, 5) is 2.02. The van der Waals surface area contributed by atoms with Crippen molar-refractivity contribution < 1.29 is 12.8 Å². The molecule has 22 heavy (non-hydrogen) atoms. The van der Waals surface area contributed by atoms with Crippen LogP contribution in [0.5, 0.6) is 0 Å². The molecule has 0 radical (unpaired) electrons. The van der Waals surface area contributed by atoms with Crippen LogP contribution in [0, 0.1) is 17.1 Å². The monoisotopic (exact) mass is 325 g/mol. The average Bonchev–Trinajstić information content (AvgIpc) is 2.49. The van der Waals surface area contributed by atoms with Crippen LogP contribution in [0.3, 0.4) is 0 Å². The number of benzene rings is 1. The van der Waals surface area contributed by atoms with Crippen molar-refractivity contribution in [2.45, 2.75) is 24.6 Å². The average molecular weight is 325 g/mol. The van der Waals surface area contributed by atoms with Crippen molar-refractivity contribution in [3.8, 4) is 6.07 Å². The summed E-state index contributed by atoms with van der Waals surface area (Å²) in [6.07, 6.45) is 1.44. The van der Waals surface area contributed by atoms with Crippen LogP contribution in [0.2, 0.25) is 0 Å². The Morgan fingerprint density at radius 1 is 1.45 bits per heavy atom. The van der Waals surface area contributed by atoms with Gasteiger partial charge in [0.1, 0.15) is 5.82 Å². The third-order valence-electron chi connectivity index (χ3n) is 3.98. The van der Waals surface area contributed by atoms with Gasteiger partial charge in [-0.3, -0.25) is 4.90 Å². The number of hydrogen-bond acceptors (Lipinski definition) is 4. The van der Waals surface area contributed by atoms with Gasteiger partial charge in [0.25, 0.3) is 0 Å². The van der Waals surface area contributed by atoms with Gasteiger partial charge in [-0.2, -0.15) is 5.26 Å². The van der Waals surface area contributed by atoms with E-state index < -0.39 is 21.1 Å². The van der Waals surface area contributed by atoms with Gasteiger partial charge in [-0.05, 0) is 37.1 Å². The molecule has 0 aliphatic carbocycles. The molecule has 0 aromatic heterocycles. The Hall–Kier alpha value is -1.49. The molecule has 0 spiro atoms. The van der Waals surface area contributed by atoms with Gasteiger partial charge in [-0.1, -0.05) is 6.07 Å². The third kappa shape index (κ3) is 3.64. The number of hydrogen-bond donors (Lipinski definition) is 0. The second-order valence-corrected chi connectivity index (χ2v) is 8.17. The standard InChI is InChI=1S/C15H20FN3O2S/c1-18(2)22(20,21)15-4-3-7-19(11-15)10-12-5-6-14(16)8-13(12)9-17/h5-6,8,15H,3-4,7,10-11H2,1-2H3. The van der Waals surface area contributed by atoms with Gasteiger partial charge in [0.05, 0.1) is 16.9 Å². The molecule has 1 fully saturated rings. The summed E-state index contributed by atoms with van der Waals surface area (Å²) in [7, 11) is -0.194. The van der Waals surface area contributed by atoms with E-state index in [4.69, 9.17) is 5.26 Å². The Labute approximate surface area is 131 Å². The van der Waals surface area contributed by atoms with E-state index in [2.05, 4.69) is 0 Å². The van der Waals surface area contributed by atoms with Crippen LogP contribution in [-0.2, 0) is 16.6 Å². The first-order chi connectivity index (χ1) is 10.3. The Bertz CT molecular complexity index is 683. The van der Waals surface area contributed by atoms with Crippen molar-refractivity contribution in [3.63, 3.8) is 0 Å². The van der Waals surface area contributed by atoms with Crippen LogP contribution in [0.1, 0.15) is 24.0 Å². The van der Waals surface area contributed by atoms with Gasteiger partial charge in [0.15, 0.2) is 0 Å². The molecule has 1 saturated heterocycles. The summed E-state index contributed by atoms with van der Waals surface area (Å²) in [6.45, 7) is 1.67. The maximum absolute atomic E-state index is 13.2. The Morgan fingerprint density at radius 3 is 2.82 bits per heavy atom. The number of sulfonamides is 1. The highest BCUT2D eigenvalue weighted by atomic mass is 32.2. The van der Waals surface area contributed by atoms with E-state index in [1.54, 1.807) is 20.2 Å². The summed E-state index contributed by atoms with van der Waals surface area (Å²) < 4.78 is 38.9. The van der Waals surface area contributed by atoms with E-state index in [-0.39, 0.29) is 0 Å². The summed E-state index contributed by atoms with van der Waals surface area (Å²) in [6, 6.07) is 6.13. The van der Waals surface area contributed by atoms with Gasteiger partial charge in [0, 0.05) is 27.2 Å². The van der Waals surface area contributed by atoms with Gasteiger partial charge >= 0.3 is 0 Å². The van der Waals surface area contributed by atoms with E-state index in [0.29, 0.717) is 25.1 Å². The van der Waals surface area contributed by atoms with Crippen LogP contribution in [0.15, 0.2) is 18.2 Å². The lowest BCUT2D eigenvalue weighted by Gasteiger charge is -2.33. The Balaban J connectivity index is 2.13. The first-order valence-corrected chi connectivity index (χ1v) is 8.67. The second kappa shape index (κ2) is 6.73.